The first kappa shape index (κ1) is 18.8. The third-order valence-electron chi connectivity index (χ3n) is 3.36. The second-order valence-corrected chi connectivity index (χ2v) is 5.46. The van der Waals surface area contributed by atoms with Gasteiger partial charge < -0.3 is 9.84 Å². The molecule has 0 fully saturated rings. The highest BCUT2D eigenvalue weighted by Crippen LogP contribution is 2.27. The number of rotatable bonds is 9. The third-order valence-corrected chi connectivity index (χ3v) is 3.36. The van der Waals surface area contributed by atoms with Gasteiger partial charge in [-0.25, -0.2) is 9.97 Å². The lowest BCUT2D eigenvalue weighted by molar-refractivity contribution is -0.159. The van der Waals surface area contributed by atoms with Crippen LogP contribution in [0.25, 0.3) is 0 Å². The summed E-state index contributed by atoms with van der Waals surface area (Å²) in [6, 6.07) is 0. The summed E-state index contributed by atoms with van der Waals surface area (Å²) in [5, 5.41) is 6.01. The molecule has 7 nitrogen and oxygen atoms in total. The third kappa shape index (κ3) is 6.86. The molecule has 1 N–H and O–H groups in total. The van der Waals surface area contributed by atoms with Crippen molar-refractivity contribution in [2.24, 2.45) is 0 Å². The van der Waals surface area contributed by atoms with E-state index in [1.165, 1.54) is 18.7 Å². The minimum absolute atomic E-state index is 0.0665. The summed E-state index contributed by atoms with van der Waals surface area (Å²) in [7, 11) is 0. The smallest absolute Gasteiger partial charge is 0.329 e. The lowest BCUT2D eigenvalue weighted by Crippen LogP contribution is -2.11. The Kier molecular flexibility index (Phi) is 6.84. The van der Waals surface area contributed by atoms with Crippen LogP contribution in [0.3, 0.4) is 0 Å². The molecule has 0 aliphatic rings. The van der Waals surface area contributed by atoms with Crippen molar-refractivity contribution in [2.45, 2.75) is 51.1 Å². The highest BCUT2D eigenvalue weighted by atomic mass is 19.4. The number of carbonyl (C=O) groups is 1. The second kappa shape index (κ2) is 9.09. The van der Waals surface area contributed by atoms with Gasteiger partial charge in [0.15, 0.2) is 5.82 Å². The Morgan fingerprint density at radius 2 is 1.76 bits per heavy atom. The van der Waals surface area contributed by atoms with E-state index in [-0.39, 0.29) is 11.7 Å². The molecule has 0 aromatic carbocycles. The van der Waals surface area contributed by atoms with Crippen molar-refractivity contribution >= 4 is 11.6 Å². The number of aromatic nitrogens is 4. The number of nitrogens with one attached hydrogen (secondary N) is 1. The number of anilines is 1. The Morgan fingerprint density at radius 3 is 2.44 bits per heavy atom. The summed E-state index contributed by atoms with van der Waals surface area (Å²) >= 11 is 0. The van der Waals surface area contributed by atoms with Crippen LogP contribution < -0.4 is 5.32 Å². The predicted octanol–water partition coefficient (Wildman–Crippen LogP) is 3.40. The van der Waals surface area contributed by atoms with Gasteiger partial charge in [-0.15, -0.1) is 0 Å². The number of alkyl halides is 3. The van der Waals surface area contributed by atoms with E-state index in [2.05, 4.69) is 29.9 Å². The lowest BCUT2D eigenvalue weighted by atomic mass is 10.1. The quantitative estimate of drug-likeness (QED) is 0.691. The van der Waals surface area contributed by atoms with E-state index in [1.807, 2.05) is 0 Å². The van der Waals surface area contributed by atoms with Crippen LogP contribution in [0, 0.1) is 0 Å². The molecule has 0 bridgehead atoms. The van der Waals surface area contributed by atoms with E-state index in [0.29, 0.717) is 24.9 Å². The molecule has 0 radical (unpaired) electrons. The molecule has 0 unspecified atom stereocenters. The summed E-state index contributed by atoms with van der Waals surface area (Å²) in [5.41, 5.74) is 0.561. The molecule has 0 atom stereocenters. The zero-order valence-corrected chi connectivity index (χ0v) is 13.4. The molecule has 0 saturated carbocycles. The van der Waals surface area contributed by atoms with Gasteiger partial charge in [0, 0.05) is 12.8 Å². The molecule has 0 aliphatic heterocycles. The van der Waals surface area contributed by atoms with Gasteiger partial charge in [-0.3, -0.25) is 4.79 Å². The van der Waals surface area contributed by atoms with Crippen molar-refractivity contribution in [3.63, 3.8) is 0 Å². The summed E-state index contributed by atoms with van der Waals surface area (Å²) < 4.78 is 41.0. The van der Waals surface area contributed by atoms with Crippen LogP contribution in [0.1, 0.15) is 50.2 Å². The normalized spacial score (nSPS) is 11.5. The zero-order chi connectivity index (χ0) is 18.1. The number of nitrogens with zero attached hydrogens (tertiary/aromatic N) is 4. The van der Waals surface area contributed by atoms with Crippen molar-refractivity contribution < 1.29 is 22.5 Å². The Balaban J connectivity index is 1.52. The average molecular weight is 357 g/mol. The molecule has 1 amide bonds. The van der Waals surface area contributed by atoms with Crippen molar-refractivity contribution in [2.75, 3.05) is 5.32 Å². The molecular formula is C15H18F3N5O2. The molecule has 0 saturated heterocycles. The van der Waals surface area contributed by atoms with E-state index < -0.39 is 12.1 Å². The predicted molar refractivity (Wildman–Crippen MR) is 81.4 cm³/mol. The number of carbonyl (C=O) groups excluding carboxylic acids is 1. The van der Waals surface area contributed by atoms with E-state index in [4.69, 9.17) is 0 Å². The number of hydrogen-bond acceptors (Lipinski definition) is 6. The van der Waals surface area contributed by atoms with Crippen LogP contribution >= 0.6 is 0 Å². The first-order chi connectivity index (χ1) is 11.9. The standard InChI is InChI=1S/C15H18F3N5O2/c16-15(17,18)14-22-12(23-25-14)6-4-2-1-3-5-7-13(24)21-11-8-19-10-20-9-11/h8-10H,1-7H2,(H,21,24). The van der Waals surface area contributed by atoms with Crippen LogP contribution in [0.2, 0.25) is 0 Å². The van der Waals surface area contributed by atoms with Crippen molar-refractivity contribution in [3.05, 3.63) is 30.4 Å². The SMILES string of the molecule is O=C(CCCCCCCc1noc(C(F)(F)F)n1)Nc1cncnc1. The van der Waals surface area contributed by atoms with Gasteiger partial charge >= 0.3 is 12.1 Å². The van der Waals surface area contributed by atoms with E-state index >= 15 is 0 Å². The summed E-state index contributed by atoms with van der Waals surface area (Å²) in [6.07, 6.45) is 4.54. The fourth-order valence-corrected chi connectivity index (χ4v) is 2.16. The zero-order valence-electron chi connectivity index (χ0n) is 13.4. The van der Waals surface area contributed by atoms with Gasteiger partial charge in [-0.05, 0) is 12.8 Å². The first-order valence-corrected chi connectivity index (χ1v) is 7.90. The number of hydrogen-bond donors (Lipinski definition) is 1. The maximum Gasteiger partial charge on any atom is 0.471 e. The Hall–Kier alpha value is -2.52. The summed E-state index contributed by atoms with van der Waals surface area (Å²) in [6.45, 7) is 0. The van der Waals surface area contributed by atoms with Crippen molar-refractivity contribution in [1.82, 2.24) is 20.1 Å². The van der Waals surface area contributed by atoms with Gasteiger partial charge in [-0.2, -0.15) is 18.2 Å². The molecule has 136 valence electrons. The minimum atomic E-state index is -4.60. The van der Waals surface area contributed by atoms with Crippen LogP contribution in [0.15, 0.2) is 23.2 Å². The van der Waals surface area contributed by atoms with Crippen LogP contribution in [-0.4, -0.2) is 26.0 Å². The fraction of sp³-hybridized carbons (Fsp3) is 0.533. The molecule has 25 heavy (non-hydrogen) atoms. The second-order valence-electron chi connectivity index (χ2n) is 5.46. The van der Waals surface area contributed by atoms with Crippen LogP contribution in [0.4, 0.5) is 18.9 Å². The Labute approximate surface area is 142 Å². The molecule has 10 heteroatoms. The lowest BCUT2D eigenvalue weighted by Gasteiger charge is -2.04. The summed E-state index contributed by atoms with van der Waals surface area (Å²) in [5.74, 6) is -1.34. The van der Waals surface area contributed by atoms with E-state index in [1.54, 1.807) is 0 Å². The van der Waals surface area contributed by atoms with Gasteiger partial charge in [0.1, 0.15) is 6.33 Å². The monoisotopic (exact) mass is 357 g/mol. The number of halogens is 3. The number of aryl methyl sites for hydroxylation is 1. The maximum atomic E-state index is 12.3. The molecule has 2 aromatic rings. The number of amides is 1. The van der Waals surface area contributed by atoms with E-state index in [9.17, 15) is 18.0 Å². The van der Waals surface area contributed by atoms with Gasteiger partial charge in [0.05, 0.1) is 18.1 Å². The van der Waals surface area contributed by atoms with Gasteiger partial charge in [0.2, 0.25) is 5.91 Å². The molecular weight excluding hydrogens is 339 g/mol. The fourth-order valence-electron chi connectivity index (χ4n) is 2.16. The molecule has 2 aromatic heterocycles. The van der Waals surface area contributed by atoms with Crippen LogP contribution in [0.5, 0.6) is 0 Å². The van der Waals surface area contributed by atoms with E-state index in [0.717, 1.165) is 25.7 Å². The largest absolute Gasteiger partial charge is 0.471 e. The van der Waals surface area contributed by atoms with Crippen molar-refractivity contribution in [3.8, 4) is 0 Å². The highest BCUT2D eigenvalue weighted by Gasteiger charge is 2.38. The van der Waals surface area contributed by atoms with Crippen LogP contribution in [-0.2, 0) is 17.4 Å². The first-order valence-electron chi connectivity index (χ1n) is 7.90. The molecule has 2 heterocycles. The van der Waals surface area contributed by atoms with Crippen molar-refractivity contribution in [1.29, 1.82) is 0 Å². The molecule has 0 spiro atoms. The van der Waals surface area contributed by atoms with Gasteiger partial charge in [0.25, 0.3) is 0 Å². The average Bonchev–Trinajstić information content (AvgIpc) is 3.04. The minimum Gasteiger partial charge on any atom is -0.329 e. The maximum absolute atomic E-state index is 12.3. The van der Waals surface area contributed by atoms with Gasteiger partial charge in [-0.1, -0.05) is 24.4 Å². The molecule has 0 aliphatic carbocycles. The topological polar surface area (TPSA) is 93.8 Å². The molecule has 2 rings (SSSR count). The number of unbranched alkanes of at least 4 members (excludes halogenated alkanes) is 4. The Morgan fingerprint density at radius 1 is 1.08 bits per heavy atom. The summed E-state index contributed by atoms with van der Waals surface area (Å²) in [4.78, 5) is 22.6. The Bertz CT molecular complexity index is 661. The highest BCUT2D eigenvalue weighted by molar-refractivity contribution is 5.90.